The Kier molecular flexibility index (Phi) is 4.42. The van der Waals surface area contributed by atoms with Gasteiger partial charge in [0.1, 0.15) is 0 Å². The molecule has 0 heterocycles. The molecule has 0 bridgehead atoms. The minimum atomic E-state index is -4.00. The van der Waals surface area contributed by atoms with Crippen molar-refractivity contribution in [2.45, 2.75) is 4.90 Å². The number of nitrogens with one attached hydrogen (secondary N) is 2. The molecule has 0 radical (unpaired) electrons. The summed E-state index contributed by atoms with van der Waals surface area (Å²) in [7, 11) is -4.00. The largest absolute Gasteiger partial charge is 0.333 e. The number of benzene rings is 3. The van der Waals surface area contributed by atoms with Gasteiger partial charge in [0.05, 0.1) is 4.90 Å². The van der Waals surface area contributed by atoms with E-state index in [1.165, 1.54) is 6.07 Å². The molecule has 3 aromatic rings. The van der Waals surface area contributed by atoms with E-state index in [1.54, 1.807) is 42.5 Å². The molecule has 0 aliphatic heterocycles. The number of amides is 2. The van der Waals surface area contributed by atoms with Crippen LogP contribution in [0.25, 0.3) is 10.8 Å². The molecule has 0 aliphatic rings. The van der Waals surface area contributed by atoms with Crippen LogP contribution < -0.4 is 10.0 Å². The molecular weight excluding hydrogens is 348 g/mol. The fourth-order valence-corrected chi connectivity index (χ4v) is 3.56. The molecule has 7 heteroatoms. The molecule has 122 valence electrons. The van der Waals surface area contributed by atoms with E-state index >= 15 is 0 Å². The Balaban J connectivity index is 1.85. The molecule has 0 saturated heterocycles. The molecule has 2 N–H and O–H groups in total. The van der Waals surface area contributed by atoms with E-state index in [2.05, 4.69) is 5.32 Å². The Morgan fingerprint density at radius 3 is 2.29 bits per heavy atom. The first kappa shape index (κ1) is 16.3. The lowest BCUT2D eigenvalue weighted by atomic mass is 10.1. The van der Waals surface area contributed by atoms with Gasteiger partial charge in [0.2, 0.25) is 0 Å². The van der Waals surface area contributed by atoms with Crippen LogP contribution in [0, 0.1) is 0 Å². The third-order valence-electron chi connectivity index (χ3n) is 3.37. The summed E-state index contributed by atoms with van der Waals surface area (Å²) in [4.78, 5) is 12.0. The highest BCUT2D eigenvalue weighted by Crippen LogP contribution is 2.22. The number of urea groups is 1. The maximum absolute atomic E-state index is 12.5. The van der Waals surface area contributed by atoms with Crippen molar-refractivity contribution in [3.8, 4) is 0 Å². The van der Waals surface area contributed by atoms with Crippen LogP contribution in [0.1, 0.15) is 0 Å². The number of fused-ring (bicyclic) bond motifs is 1. The van der Waals surface area contributed by atoms with Crippen LogP contribution in [0.3, 0.4) is 0 Å². The Bertz CT molecular complexity index is 997. The minimum Gasteiger partial charge on any atom is -0.307 e. The number of hydrogen-bond acceptors (Lipinski definition) is 3. The van der Waals surface area contributed by atoms with E-state index in [0.29, 0.717) is 16.1 Å². The van der Waals surface area contributed by atoms with Crippen LogP contribution in [-0.2, 0) is 10.0 Å². The smallest absolute Gasteiger partial charge is 0.307 e. The number of rotatable bonds is 3. The van der Waals surface area contributed by atoms with Crippen molar-refractivity contribution in [1.29, 1.82) is 0 Å². The molecule has 5 nitrogen and oxygen atoms in total. The quantitative estimate of drug-likeness (QED) is 0.741. The number of carbonyl (C=O) groups is 1. The van der Waals surface area contributed by atoms with Crippen LogP contribution in [0.2, 0.25) is 5.02 Å². The summed E-state index contributed by atoms with van der Waals surface area (Å²) < 4.78 is 27.0. The zero-order valence-electron chi connectivity index (χ0n) is 12.4. The molecular formula is C17H13ClN2O3S. The van der Waals surface area contributed by atoms with Crippen LogP contribution in [0.4, 0.5) is 10.5 Å². The predicted octanol–water partition coefficient (Wildman–Crippen LogP) is 4.00. The Morgan fingerprint density at radius 2 is 1.54 bits per heavy atom. The van der Waals surface area contributed by atoms with Crippen molar-refractivity contribution in [2.24, 2.45) is 0 Å². The second-order valence-corrected chi connectivity index (χ2v) is 7.13. The van der Waals surface area contributed by atoms with Crippen molar-refractivity contribution in [3.05, 3.63) is 71.8 Å². The van der Waals surface area contributed by atoms with Crippen molar-refractivity contribution in [1.82, 2.24) is 4.72 Å². The summed E-state index contributed by atoms with van der Waals surface area (Å²) >= 11 is 5.77. The van der Waals surface area contributed by atoms with Crippen molar-refractivity contribution < 1.29 is 13.2 Å². The molecule has 0 saturated carbocycles. The van der Waals surface area contributed by atoms with Crippen molar-refractivity contribution in [3.63, 3.8) is 0 Å². The lowest BCUT2D eigenvalue weighted by Crippen LogP contribution is -2.34. The maximum Gasteiger partial charge on any atom is 0.333 e. The maximum atomic E-state index is 12.5. The SMILES string of the molecule is O=C(Nc1ccc(Cl)cc1)NS(=O)(=O)c1cccc2ccccc12. The summed E-state index contributed by atoms with van der Waals surface area (Å²) in [5, 5.41) is 4.30. The van der Waals surface area contributed by atoms with E-state index in [9.17, 15) is 13.2 Å². The minimum absolute atomic E-state index is 0.0480. The van der Waals surface area contributed by atoms with Gasteiger partial charge in [0.15, 0.2) is 0 Å². The van der Waals surface area contributed by atoms with E-state index in [1.807, 2.05) is 22.9 Å². The molecule has 3 aromatic carbocycles. The molecule has 24 heavy (non-hydrogen) atoms. The van der Waals surface area contributed by atoms with Gasteiger partial charge in [-0.1, -0.05) is 48.0 Å². The van der Waals surface area contributed by atoms with E-state index in [-0.39, 0.29) is 4.90 Å². The monoisotopic (exact) mass is 360 g/mol. The summed E-state index contributed by atoms with van der Waals surface area (Å²) in [5.41, 5.74) is 0.435. The number of anilines is 1. The average molecular weight is 361 g/mol. The van der Waals surface area contributed by atoms with E-state index < -0.39 is 16.1 Å². The third-order valence-corrected chi connectivity index (χ3v) is 5.01. The molecule has 2 amide bonds. The number of hydrogen-bond donors (Lipinski definition) is 2. The lowest BCUT2D eigenvalue weighted by Gasteiger charge is -2.10. The van der Waals surface area contributed by atoms with Crippen molar-refractivity contribution >= 4 is 44.1 Å². The highest BCUT2D eigenvalue weighted by atomic mass is 35.5. The van der Waals surface area contributed by atoms with Gasteiger partial charge < -0.3 is 5.32 Å². The van der Waals surface area contributed by atoms with Crippen LogP contribution in [-0.4, -0.2) is 14.4 Å². The summed E-state index contributed by atoms with van der Waals surface area (Å²) in [6.45, 7) is 0. The van der Waals surface area contributed by atoms with Crippen LogP contribution >= 0.6 is 11.6 Å². The Hall–Kier alpha value is -2.57. The van der Waals surface area contributed by atoms with Gasteiger partial charge >= 0.3 is 6.03 Å². The molecule has 0 aliphatic carbocycles. The zero-order valence-corrected chi connectivity index (χ0v) is 13.9. The molecule has 0 unspecified atom stereocenters. The lowest BCUT2D eigenvalue weighted by molar-refractivity contribution is 0.256. The van der Waals surface area contributed by atoms with Gasteiger partial charge in [-0.15, -0.1) is 0 Å². The van der Waals surface area contributed by atoms with E-state index in [0.717, 1.165) is 5.39 Å². The number of carbonyl (C=O) groups excluding carboxylic acids is 1. The topological polar surface area (TPSA) is 75.3 Å². The molecule has 0 aromatic heterocycles. The molecule has 0 spiro atoms. The van der Waals surface area contributed by atoms with Gasteiger partial charge in [0.25, 0.3) is 10.0 Å². The number of sulfonamides is 1. The molecule has 0 fully saturated rings. The van der Waals surface area contributed by atoms with Crippen LogP contribution in [0.15, 0.2) is 71.6 Å². The van der Waals surface area contributed by atoms with E-state index in [4.69, 9.17) is 11.6 Å². The fraction of sp³-hybridized carbons (Fsp3) is 0. The average Bonchev–Trinajstić information content (AvgIpc) is 2.56. The highest BCUT2D eigenvalue weighted by molar-refractivity contribution is 7.90. The first-order valence-corrected chi connectivity index (χ1v) is 8.89. The predicted molar refractivity (Wildman–Crippen MR) is 94.7 cm³/mol. The Labute approximate surface area is 144 Å². The first-order valence-electron chi connectivity index (χ1n) is 7.03. The van der Waals surface area contributed by atoms with Gasteiger partial charge in [-0.3, -0.25) is 0 Å². The fourth-order valence-electron chi connectivity index (χ4n) is 2.30. The zero-order chi connectivity index (χ0) is 17.2. The first-order chi connectivity index (χ1) is 11.5. The van der Waals surface area contributed by atoms with Crippen LogP contribution in [0.5, 0.6) is 0 Å². The normalized spacial score (nSPS) is 11.2. The second kappa shape index (κ2) is 6.51. The third kappa shape index (κ3) is 3.50. The highest BCUT2D eigenvalue weighted by Gasteiger charge is 2.20. The standard InChI is InChI=1S/C17H13ClN2O3S/c18-13-8-10-14(11-9-13)19-17(21)20-24(22,23)16-7-3-5-12-4-1-2-6-15(12)16/h1-11H,(H2,19,20,21). The van der Waals surface area contributed by atoms with Gasteiger partial charge in [-0.05, 0) is 35.7 Å². The summed E-state index contributed by atoms with van der Waals surface area (Å²) in [6, 6.07) is 17.5. The Morgan fingerprint density at radius 1 is 0.875 bits per heavy atom. The molecule has 3 rings (SSSR count). The second-order valence-electron chi connectivity index (χ2n) is 5.04. The summed E-state index contributed by atoms with van der Waals surface area (Å²) in [6.07, 6.45) is 0. The van der Waals surface area contributed by atoms with Gasteiger partial charge in [-0.2, -0.15) is 0 Å². The van der Waals surface area contributed by atoms with Gasteiger partial charge in [-0.25, -0.2) is 17.9 Å². The summed E-state index contributed by atoms with van der Waals surface area (Å²) in [5.74, 6) is 0. The van der Waals surface area contributed by atoms with Crippen molar-refractivity contribution in [2.75, 3.05) is 5.32 Å². The number of halogens is 1. The van der Waals surface area contributed by atoms with Gasteiger partial charge in [0, 0.05) is 16.1 Å². The molecule has 0 atom stereocenters.